The van der Waals surface area contributed by atoms with E-state index in [1.807, 2.05) is 6.92 Å². The van der Waals surface area contributed by atoms with Crippen LogP contribution < -0.4 is 0 Å². The molecule has 0 aromatic heterocycles. The number of aryl methyl sites for hydroxylation is 1. The van der Waals surface area contributed by atoms with Crippen LogP contribution >= 0.6 is 0 Å². The molecule has 3 heteroatoms. The lowest BCUT2D eigenvalue weighted by Gasteiger charge is -2.14. The largest absolute Gasteiger partial charge is 0.466 e. The zero-order valence-electron chi connectivity index (χ0n) is 13.9. The highest BCUT2D eigenvalue weighted by Crippen LogP contribution is 2.60. The number of rotatable bonds is 2. The van der Waals surface area contributed by atoms with E-state index in [1.54, 1.807) is 0 Å². The van der Waals surface area contributed by atoms with E-state index < -0.39 is 8.07 Å². The summed E-state index contributed by atoms with van der Waals surface area (Å²) < 4.78 is 5.22. The fourth-order valence-electron chi connectivity index (χ4n) is 3.52. The molecule has 2 aliphatic carbocycles. The quantitative estimate of drug-likeness (QED) is 0.472. The van der Waals surface area contributed by atoms with Crippen molar-refractivity contribution in [1.29, 1.82) is 0 Å². The lowest BCUT2D eigenvalue weighted by Crippen LogP contribution is -2.16. The Labute approximate surface area is 134 Å². The van der Waals surface area contributed by atoms with Gasteiger partial charge in [0.15, 0.2) is 0 Å². The van der Waals surface area contributed by atoms with Gasteiger partial charge in [0.25, 0.3) is 0 Å². The van der Waals surface area contributed by atoms with E-state index in [0.29, 0.717) is 18.4 Å². The summed E-state index contributed by atoms with van der Waals surface area (Å²) in [5, 5.41) is 0. The molecule has 0 N–H and O–H groups in total. The first-order valence-electron chi connectivity index (χ1n) is 8.23. The van der Waals surface area contributed by atoms with Gasteiger partial charge in [0, 0.05) is 11.5 Å². The lowest BCUT2D eigenvalue weighted by molar-refractivity contribution is -0.145. The normalized spacial score (nSPS) is 25.4. The zero-order chi connectivity index (χ0) is 15.9. The standard InChI is InChI=1S/C19H24O2Si/c1-5-21-19(20)18-16-9-7-14-12-13(10-11-22(2,3)4)6-8-15(14)17(16)18/h6,8,12,16-18H,5,7,9H2,1-4H3. The third kappa shape index (κ3) is 2.98. The Kier molecular flexibility index (Phi) is 3.90. The third-order valence-electron chi connectivity index (χ3n) is 4.56. The minimum atomic E-state index is -1.34. The predicted octanol–water partition coefficient (Wildman–Crippen LogP) is 3.75. The number of esters is 1. The molecule has 0 spiro atoms. The Morgan fingerprint density at radius 3 is 2.82 bits per heavy atom. The number of benzene rings is 1. The topological polar surface area (TPSA) is 26.3 Å². The molecule has 1 fully saturated rings. The monoisotopic (exact) mass is 312 g/mol. The van der Waals surface area contributed by atoms with Gasteiger partial charge >= 0.3 is 5.97 Å². The van der Waals surface area contributed by atoms with Crippen LogP contribution in [0.2, 0.25) is 19.6 Å². The van der Waals surface area contributed by atoms with Gasteiger partial charge in [0.2, 0.25) is 0 Å². The highest BCUT2D eigenvalue weighted by atomic mass is 28.3. The van der Waals surface area contributed by atoms with Crippen LogP contribution in [0.4, 0.5) is 0 Å². The minimum absolute atomic E-state index is 0.00653. The van der Waals surface area contributed by atoms with E-state index in [4.69, 9.17) is 4.74 Å². The summed E-state index contributed by atoms with van der Waals surface area (Å²) in [6, 6.07) is 6.55. The van der Waals surface area contributed by atoms with Crippen molar-refractivity contribution in [2.45, 2.75) is 45.3 Å². The summed E-state index contributed by atoms with van der Waals surface area (Å²) in [5.41, 5.74) is 7.28. The lowest BCUT2D eigenvalue weighted by atomic mass is 9.90. The third-order valence-corrected chi connectivity index (χ3v) is 5.43. The van der Waals surface area contributed by atoms with Crippen LogP contribution in [0.1, 0.15) is 36.0 Å². The fourth-order valence-corrected chi connectivity index (χ4v) is 4.04. The maximum atomic E-state index is 12.0. The highest BCUT2D eigenvalue weighted by Gasteiger charge is 2.57. The highest BCUT2D eigenvalue weighted by molar-refractivity contribution is 6.83. The van der Waals surface area contributed by atoms with Gasteiger partial charge in [0.1, 0.15) is 8.07 Å². The van der Waals surface area contributed by atoms with Crippen LogP contribution in [0.5, 0.6) is 0 Å². The summed E-state index contributed by atoms with van der Waals surface area (Å²) in [7, 11) is -1.34. The molecule has 116 valence electrons. The molecule has 0 aliphatic heterocycles. The van der Waals surface area contributed by atoms with Crippen molar-refractivity contribution in [2.24, 2.45) is 11.8 Å². The molecule has 22 heavy (non-hydrogen) atoms. The summed E-state index contributed by atoms with van der Waals surface area (Å²) in [5.74, 6) is 4.32. The Balaban J connectivity index is 1.81. The van der Waals surface area contributed by atoms with Crippen LogP contribution in [-0.2, 0) is 16.0 Å². The Morgan fingerprint density at radius 2 is 2.14 bits per heavy atom. The van der Waals surface area contributed by atoms with Crippen LogP contribution in [0.3, 0.4) is 0 Å². The first-order chi connectivity index (χ1) is 10.4. The fraction of sp³-hybridized carbons (Fsp3) is 0.526. The van der Waals surface area contributed by atoms with Crippen LogP contribution in [-0.4, -0.2) is 20.7 Å². The SMILES string of the molecule is CCOC(=O)C1C2CCc3cc(C#C[Si](C)(C)C)ccc3C21. The second kappa shape index (κ2) is 5.59. The average molecular weight is 312 g/mol. The van der Waals surface area contributed by atoms with Crippen molar-refractivity contribution in [3.63, 3.8) is 0 Å². The Hall–Kier alpha value is -1.53. The van der Waals surface area contributed by atoms with Gasteiger partial charge in [0.05, 0.1) is 12.5 Å². The van der Waals surface area contributed by atoms with Crippen LogP contribution in [0, 0.1) is 23.3 Å². The molecule has 1 aromatic carbocycles. The van der Waals surface area contributed by atoms with E-state index in [-0.39, 0.29) is 11.9 Å². The maximum absolute atomic E-state index is 12.0. The Morgan fingerprint density at radius 1 is 1.36 bits per heavy atom. The van der Waals surface area contributed by atoms with Gasteiger partial charge in [-0.2, -0.15) is 0 Å². The number of hydrogen-bond acceptors (Lipinski definition) is 2. The van der Waals surface area contributed by atoms with Crippen molar-refractivity contribution in [3.8, 4) is 11.5 Å². The van der Waals surface area contributed by atoms with E-state index in [2.05, 4.69) is 49.3 Å². The molecule has 0 radical (unpaired) electrons. The molecule has 0 amide bonds. The molecular formula is C19H24O2Si. The molecule has 0 bridgehead atoms. The number of carbonyl (C=O) groups is 1. The molecule has 2 nitrogen and oxygen atoms in total. The van der Waals surface area contributed by atoms with E-state index in [1.165, 1.54) is 11.1 Å². The van der Waals surface area contributed by atoms with Gasteiger partial charge < -0.3 is 4.74 Å². The number of hydrogen-bond donors (Lipinski definition) is 0. The number of fused-ring (bicyclic) bond motifs is 3. The van der Waals surface area contributed by atoms with Crippen molar-refractivity contribution in [3.05, 3.63) is 34.9 Å². The molecule has 1 saturated carbocycles. The molecule has 2 aliphatic rings. The molecule has 3 atom stereocenters. The van der Waals surface area contributed by atoms with Gasteiger partial charge in [-0.25, -0.2) is 0 Å². The van der Waals surface area contributed by atoms with Gasteiger partial charge in [-0.05, 0) is 48.9 Å². The van der Waals surface area contributed by atoms with Gasteiger partial charge in [-0.15, -0.1) is 5.54 Å². The minimum Gasteiger partial charge on any atom is -0.466 e. The molecule has 1 aromatic rings. The van der Waals surface area contributed by atoms with E-state index in [0.717, 1.165) is 18.4 Å². The number of carbonyl (C=O) groups excluding carboxylic acids is 1. The average Bonchev–Trinajstić information content (AvgIpc) is 3.19. The summed E-state index contributed by atoms with van der Waals surface area (Å²) in [6.07, 6.45) is 2.17. The van der Waals surface area contributed by atoms with Crippen LogP contribution in [0.15, 0.2) is 18.2 Å². The summed E-state index contributed by atoms with van der Waals surface area (Å²) >= 11 is 0. The van der Waals surface area contributed by atoms with Crippen molar-refractivity contribution in [1.82, 2.24) is 0 Å². The van der Waals surface area contributed by atoms with E-state index in [9.17, 15) is 4.79 Å². The van der Waals surface area contributed by atoms with Crippen molar-refractivity contribution >= 4 is 14.0 Å². The maximum Gasteiger partial charge on any atom is 0.309 e. The van der Waals surface area contributed by atoms with Crippen LogP contribution in [0.25, 0.3) is 0 Å². The summed E-state index contributed by atoms with van der Waals surface area (Å²) in [4.78, 5) is 12.0. The van der Waals surface area contributed by atoms with Gasteiger partial charge in [-0.1, -0.05) is 31.6 Å². The zero-order valence-corrected chi connectivity index (χ0v) is 14.9. The molecular weight excluding hydrogens is 288 g/mol. The predicted molar refractivity (Wildman–Crippen MR) is 91.3 cm³/mol. The van der Waals surface area contributed by atoms with Crippen molar-refractivity contribution < 1.29 is 9.53 Å². The molecule has 3 unspecified atom stereocenters. The first-order valence-corrected chi connectivity index (χ1v) is 11.7. The second-order valence-electron chi connectivity index (χ2n) is 7.42. The van der Waals surface area contributed by atoms with Crippen molar-refractivity contribution in [2.75, 3.05) is 6.61 Å². The second-order valence-corrected chi connectivity index (χ2v) is 12.2. The molecule has 0 heterocycles. The molecule has 0 saturated heterocycles. The van der Waals surface area contributed by atoms with Gasteiger partial charge in [-0.3, -0.25) is 4.79 Å². The summed E-state index contributed by atoms with van der Waals surface area (Å²) in [6.45, 7) is 9.14. The van der Waals surface area contributed by atoms with E-state index >= 15 is 0 Å². The Bertz CT molecular complexity index is 660. The first kappa shape index (κ1) is 15.4. The molecule has 3 rings (SSSR count). The number of ether oxygens (including phenoxy) is 1. The smallest absolute Gasteiger partial charge is 0.309 e.